The molecule has 5 N–H and O–H groups in total. The molecule has 3 rings (SSSR count). The third-order valence-corrected chi connectivity index (χ3v) is 4.96. The van der Waals surface area contributed by atoms with Crippen LogP contribution in [0.2, 0.25) is 0 Å². The smallest absolute Gasteiger partial charge is 0.331 e. The lowest BCUT2D eigenvalue weighted by Crippen LogP contribution is -2.05. The summed E-state index contributed by atoms with van der Waals surface area (Å²) >= 11 is 0. The molecule has 3 aromatic rings. The molecule has 0 saturated carbocycles. The van der Waals surface area contributed by atoms with Gasteiger partial charge in [-0.15, -0.1) is 0 Å². The van der Waals surface area contributed by atoms with Gasteiger partial charge in [0.1, 0.15) is 23.0 Å². The number of ether oxygens (including phenoxy) is 1. The van der Waals surface area contributed by atoms with Gasteiger partial charge < -0.3 is 30.3 Å². The number of benzene rings is 3. The van der Waals surface area contributed by atoms with E-state index < -0.39 is 11.9 Å². The fourth-order valence-corrected chi connectivity index (χ4v) is 3.18. The number of hydrogen-bond acceptors (Lipinski definition) is 7. The Kier molecular flexibility index (Phi) is 10.1. The molecule has 36 heavy (non-hydrogen) atoms. The van der Waals surface area contributed by atoms with Crippen molar-refractivity contribution in [1.29, 1.82) is 0 Å². The third kappa shape index (κ3) is 8.90. The van der Waals surface area contributed by atoms with Gasteiger partial charge in [-0.05, 0) is 54.8 Å². The van der Waals surface area contributed by atoms with Crippen molar-refractivity contribution in [3.63, 3.8) is 0 Å². The van der Waals surface area contributed by atoms with Crippen LogP contribution in [-0.4, -0.2) is 44.1 Å². The predicted octanol–water partition coefficient (Wildman–Crippen LogP) is 4.87. The number of hydrogen-bond donors (Lipinski definition) is 5. The number of esters is 1. The fourth-order valence-electron chi connectivity index (χ4n) is 3.18. The Morgan fingerprint density at radius 2 is 1.25 bits per heavy atom. The minimum Gasteiger partial charge on any atom is -0.508 e. The summed E-state index contributed by atoms with van der Waals surface area (Å²) in [5.74, 6) is -1.84. The molecule has 0 spiro atoms. The van der Waals surface area contributed by atoms with E-state index >= 15 is 0 Å². The van der Waals surface area contributed by atoms with Crippen LogP contribution in [-0.2, 0) is 20.7 Å². The number of rotatable bonds is 7. The Morgan fingerprint density at radius 3 is 1.72 bits per heavy atom. The van der Waals surface area contributed by atoms with Crippen LogP contribution < -0.4 is 0 Å². The first kappa shape index (κ1) is 27.5. The maximum Gasteiger partial charge on any atom is 0.331 e. The van der Waals surface area contributed by atoms with Gasteiger partial charge in [0.15, 0.2) is 0 Å². The number of allylic oxidation sites excluding steroid dienone is 2. The molecule has 0 aromatic heterocycles. The summed E-state index contributed by atoms with van der Waals surface area (Å²) < 4.78 is 5.16. The molecule has 0 atom stereocenters. The summed E-state index contributed by atoms with van der Waals surface area (Å²) in [6.07, 6.45) is 2.98. The minimum atomic E-state index is -1.07. The minimum absolute atomic E-state index is 0.0283. The largest absolute Gasteiger partial charge is 0.508 e. The van der Waals surface area contributed by atoms with Crippen molar-refractivity contribution in [2.45, 2.75) is 20.3 Å². The number of aliphatic carboxylic acids is 1. The molecule has 0 amide bonds. The van der Waals surface area contributed by atoms with E-state index in [1.54, 1.807) is 19.9 Å². The van der Waals surface area contributed by atoms with Gasteiger partial charge in [0.25, 0.3) is 0 Å². The standard InChI is InChI=1S/C18H18O4.C10H10O4/c1-13(16-8-7-15(19)12-17(16)20)11-18(21)22-10-9-14-5-3-2-4-6-14;1-6(4-10(13)14)8-3-2-7(11)5-9(8)12/h2-8,11-12,19-20H,9-10H2,1H3;2-5,11-12H,1H3,(H,13,14)/b13-11+;6-4+. The monoisotopic (exact) mass is 492 g/mol. The van der Waals surface area contributed by atoms with E-state index in [0.29, 0.717) is 35.3 Å². The molecule has 0 heterocycles. The first-order valence-electron chi connectivity index (χ1n) is 10.9. The molecular weight excluding hydrogens is 464 g/mol. The number of phenols is 4. The van der Waals surface area contributed by atoms with Crippen molar-refractivity contribution in [3.05, 3.63) is 95.6 Å². The van der Waals surface area contributed by atoms with E-state index in [4.69, 9.17) is 14.9 Å². The fraction of sp³-hybridized carbons (Fsp3) is 0.143. The Hall–Kier alpha value is -4.72. The molecule has 0 fully saturated rings. The SMILES string of the molecule is C/C(=C\C(=O)O)c1ccc(O)cc1O.C/C(=C\C(=O)OCCc1ccccc1)c1ccc(O)cc1O. The predicted molar refractivity (Wildman–Crippen MR) is 136 cm³/mol. The second kappa shape index (κ2) is 13.2. The third-order valence-electron chi connectivity index (χ3n) is 4.96. The van der Waals surface area contributed by atoms with Crippen LogP contribution in [0.3, 0.4) is 0 Å². The second-order valence-corrected chi connectivity index (χ2v) is 7.80. The van der Waals surface area contributed by atoms with Crippen molar-refractivity contribution >= 4 is 23.1 Å². The molecule has 0 aliphatic heterocycles. The van der Waals surface area contributed by atoms with E-state index in [1.165, 1.54) is 30.3 Å². The van der Waals surface area contributed by atoms with Crippen LogP contribution in [0.1, 0.15) is 30.5 Å². The number of carbonyl (C=O) groups excluding carboxylic acids is 1. The molecule has 188 valence electrons. The highest BCUT2D eigenvalue weighted by Gasteiger charge is 2.07. The van der Waals surface area contributed by atoms with Crippen LogP contribution in [0.4, 0.5) is 0 Å². The Balaban J connectivity index is 0.000000281. The van der Waals surface area contributed by atoms with Crippen molar-refractivity contribution in [2.24, 2.45) is 0 Å². The lowest BCUT2D eigenvalue weighted by molar-refractivity contribution is -0.137. The van der Waals surface area contributed by atoms with Gasteiger partial charge in [-0.3, -0.25) is 0 Å². The zero-order valence-electron chi connectivity index (χ0n) is 19.9. The molecule has 0 unspecified atom stereocenters. The number of carboxylic acids is 1. The highest BCUT2D eigenvalue weighted by Crippen LogP contribution is 2.29. The van der Waals surface area contributed by atoms with Gasteiger partial charge in [-0.2, -0.15) is 0 Å². The van der Waals surface area contributed by atoms with Gasteiger partial charge in [-0.25, -0.2) is 9.59 Å². The van der Waals surface area contributed by atoms with E-state index in [2.05, 4.69) is 0 Å². The molecule has 8 nitrogen and oxygen atoms in total. The maximum absolute atomic E-state index is 11.8. The normalized spacial score (nSPS) is 11.3. The zero-order valence-corrected chi connectivity index (χ0v) is 19.9. The summed E-state index contributed by atoms with van der Waals surface area (Å²) in [5, 5.41) is 45.9. The number of aromatic hydroxyl groups is 4. The quantitative estimate of drug-likeness (QED) is 0.232. The van der Waals surface area contributed by atoms with E-state index in [9.17, 15) is 24.9 Å². The highest BCUT2D eigenvalue weighted by atomic mass is 16.5. The van der Waals surface area contributed by atoms with Crippen LogP contribution in [0.25, 0.3) is 11.1 Å². The molecule has 0 aliphatic carbocycles. The average Bonchev–Trinajstić information content (AvgIpc) is 2.79. The molecule has 0 bridgehead atoms. The molecule has 3 aromatic carbocycles. The summed E-state index contributed by atoms with van der Waals surface area (Å²) in [6, 6.07) is 18.0. The van der Waals surface area contributed by atoms with Crippen molar-refractivity contribution in [2.75, 3.05) is 6.61 Å². The van der Waals surface area contributed by atoms with Crippen LogP contribution in [0, 0.1) is 0 Å². The lowest BCUT2D eigenvalue weighted by Gasteiger charge is -2.06. The van der Waals surface area contributed by atoms with Crippen LogP contribution >= 0.6 is 0 Å². The summed E-state index contributed by atoms with van der Waals surface area (Å²) in [6.45, 7) is 3.57. The molecular formula is C28H28O8. The Morgan fingerprint density at radius 1 is 0.750 bits per heavy atom. The van der Waals surface area contributed by atoms with Gasteiger partial charge in [0.2, 0.25) is 0 Å². The zero-order chi connectivity index (χ0) is 26.7. The van der Waals surface area contributed by atoms with Crippen molar-refractivity contribution in [1.82, 2.24) is 0 Å². The first-order chi connectivity index (χ1) is 17.1. The number of carbonyl (C=O) groups is 2. The first-order valence-corrected chi connectivity index (χ1v) is 10.9. The average molecular weight is 493 g/mol. The molecule has 0 aliphatic rings. The topological polar surface area (TPSA) is 145 Å². The van der Waals surface area contributed by atoms with Gasteiger partial charge >= 0.3 is 11.9 Å². The van der Waals surface area contributed by atoms with E-state index in [1.807, 2.05) is 30.3 Å². The highest BCUT2D eigenvalue weighted by molar-refractivity contribution is 5.92. The van der Waals surface area contributed by atoms with Crippen molar-refractivity contribution in [3.8, 4) is 23.0 Å². The van der Waals surface area contributed by atoms with E-state index in [-0.39, 0.29) is 23.0 Å². The second-order valence-electron chi connectivity index (χ2n) is 7.80. The Labute approximate surface area is 208 Å². The number of carboxylic acid groups (broad SMARTS) is 1. The molecule has 0 saturated heterocycles. The summed E-state index contributed by atoms with van der Waals surface area (Å²) in [7, 11) is 0. The lowest BCUT2D eigenvalue weighted by atomic mass is 10.1. The van der Waals surface area contributed by atoms with E-state index in [0.717, 1.165) is 17.7 Å². The van der Waals surface area contributed by atoms with Gasteiger partial charge in [0, 0.05) is 41.8 Å². The van der Waals surface area contributed by atoms with Gasteiger partial charge in [0.05, 0.1) is 6.61 Å². The van der Waals surface area contributed by atoms with Gasteiger partial charge in [-0.1, -0.05) is 30.3 Å². The molecule has 8 heteroatoms. The summed E-state index contributed by atoms with van der Waals surface area (Å²) in [5.41, 5.74) is 2.98. The Bertz CT molecular complexity index is 1260. The maximum atomic E-state index is 11.8. The molecule has 0 radical (unpaired) electrons. The number of phenolic OH excluding ortho intramolecular Hbond substituents is 4. The van der Waals surface area contributed by atoms with Crippen LogP contribution in [0.15, 0.2) is 78.9 Å². The van der Waals surface area contributed by atoms with Crippen LogP contribution in [0.5, 0.6) is 23.0 Å². The van der Waals surface area contributed by atoms with Crippen molar-refractivity contribution < 1.29 is 39.9 Å². The summed E-state index contributed by atoms with van der Waals surface area (Å²) in [4.78, 5) is 22.1.